The normalized spacial score (nSPS) is 11.5. The number of methoxy groups -OCH3 is 1. The highest BCUT2D eigenvalue weighted by atomic mass is 32.2. The number of fused-ring (bicyclic) bond motifs is 1. The van der Waals surface area contributed by atoms with Gasteiger partial charge < -0.3 is 4.74 Å². The van der Waals surface area contributed by atoms with Crippen molar-refractivity contribution in [1.82, 2.24) is 9.55 Å². The fourth-order valence-corrected chi connectivity index (χ4v) is 4.76. The lowest BCUT2D eigenvalue weighted by atomic mass is 10.2. The summed E-state index contributed by atoms with van der Waals surface area (Å²) in [7, 11) is -2.49. The molecule has 0 unspecified atom stereocenters. The minimum absolute atomic E-state index is 0.0427. The van der Waals surface area contributed by atoms with E-state index >= 15 is 0 Å². The van der Waals surface area contributed by atoms with Crippen molar-refractivity contribution in [2.24, 2.45) is 0 Å². The molecule has 0 spiro atoms. The van der Waals surface area contributed by atoms with Crippen molar-refractivity contribution in [3.05, 3.63) is 88.5 Å². The lowest BCUT2D eigenvalue weighted by molar-refractivity contribution is 0.402. The highest BCUT2D eigenvalue weighted by Gasteiger charge is 2.20. The number of ether oxygens (including phenoxy) is 1. The van der Waals surface area contributed by atoms with Crippen molar-refractivity contribution < 1.29 is 13.2 Å². The standard InChI is InChI=1S/C23H21N3O4S/c1-15-11-12-21(30-3)22(13-15)31(28,29)25-17-7-6-8-18(14-17)26-16(2)24-20-10-5-4-9-19(20)23(26)27/h4-14,25H,1-3H3. The topological polar surface area (TPSA) is 90.3 Å². The Kier molecular flexibility index (Phi) is 5.24. The molecule has 1 aromatic heterocycles. The number of aryl methyl sites for hydroxylation is 2. The van der Waals surface area contributed by atoms with Crippen LogP contribution in [0.25, 0.3) is 16.6 Å². The third kappa shape index (κ3) is 3.89. The van der Waals surface area contributed by atoms with Gasteiger partial charge in [0, 0.05) is 0 Å². The van der Waals surface area contributed by atoms with Crippen molar-refractivity contribution >= 4 is 26.6 Å². The van der Waals surface area contributed by atoms with Gasteiger partial charge in [0.2, 0.25) is 0 Å². The monoisotopic (exact) mass is 435 g/mol. The third-order valence-corrected chi connectivity index (χ3v) is 6.31. The van der Waals surface area contributed by atoms with Gasteiger partial charge in [-0.3, -0.25) is 14.1 Å². The second kappa shape index (κ2) is 7.88. The van der Waals surface area contributed by atoms with Gasteiger partial charge in [-0.15, -0.1) is 0 Å². The predicted molar refractivity (Wildman–Crippen MR) is 121 cm³/mol. The molecule has 8 heteroatoms. The van der Waals surface area contributed by atoms with E-state index in [1.54, 1.807) is 74.5 Å². The number of rotatable bonds is 5. The molecule has 4 rings (SSSR count). The number of para-hydroxylation sites is 1. The zero-order valence-electron chi connectivity index (χ0n) is 17.3. The molecule has 0 fully saturated rings. The summed E-state index contributed by atoms with van der Waals surface area (Å²) in [4.78, 5) is 17.6. The minimum atomic E-state index is -3.91. The van der Waals surface area contributed by atoms with E-state index in [4.69, 9.17) is 4.74 Å². The largest absolute Gasteiger partial charge is 0.495 e. The second-order valence-electron chi connectivity index (χ2n) is 7.13. The van der Waals surface area contributed by atoms with Gasteiger partial charge in [-0.1, -0.05) is 24.3 Å². The molecular formula is C23H21N3O4S. The molecule has 0 aliphatic rings. The Morgan fingerprint density at radius 3 is 2.52 bits per heavy atom. The summed E-state index contributed by atoms with van der Waals surface area (Å²) in [6, 6.07) is 18.7. The van der Waals surface area contributed by atoms with E-state index in [-0.39, 0.29) is 16.2 Å². The van der Waals surface area contributed by atoms with Gasteiger partial charge in [-0.2, -0.15) is 0 Å². The third-order valence-electron chi connectivity index (χ3n) is 4.91. The molecule has 31 heavy (non-hydrogen) atoms. The summed E-state index contributed by atoms with van der Waals surface area (Å²) in [6.07, 6.45) is 0. The summed E-state index contributed by atoms with van der Waals surface area (Å²) in [6.45, 7) is 3.54. The molecule has 1 heterocycles. The molecule has 0 amide bonds. The highest BCUT2D eigenvalue weighted by Crippen LogP contribution is 2.27. The van der Waals surface area contributed by atoms with Crippen LogP contribution in [0.15, 0.2) is 76.4 Å². The number of benzene rings is 3. The molecule has 158 valence electrons. The van der Waals surface area contributed by atoms with Gasteiger partial charge in [-0.05, 0) is 61.9 Å². The maximum atomic E-state index is 13.1. The highest BCUT2D eigenvalue weighted by molar-refractivity contribution is 7.92. The van der Waals surface area contributed by atoms with Crippen molar-refractivity contribution in [3.8, 4) is 11.4 Å². The van der Waals surface area contributed by atoms with Gasteiger partial charge in [0.15, 0.2) is 0 Å². The smallest absolute Gasteiger partial charge is 0.265 e. The van der Waals surface area contributed by atoms with Crippen LogP contribution in [-0.4, -0.2) is 25.1 Å². The molecule has 0 saturated heterocycles. The number of aromatic nitrogens is 2. The van der Waals surface area contributed by atoms with Crippen LogP contribution in [0.3, 0.4) is 0 Å². The van der Waals surface area contributed by atoms with Gasteiger partial charge in [-0.25, -0.2) is 13.4 Å². The second-order valence-corrected chi connectivity index (χ2v) is 8.78. The first kappa shape index (κ1) is 20.6. The van der Waals surface area contributed by atoms with Crippen LogP contribution in [-0.2, 0) is 10.0 Å². The first-order valence-electron chi connectivity index (χ1n) is 9.56. The fourth-order valence-electron chi connectivity index (χ4n) is 3.46. The van der Waals surface area contributed by atoms with Crippen LogP contribution in [0.5, 0.6) is 5.75 Å². The molecule has 7 nitrogen and oxygen atoms in total. The summed E-state index contributed by atoms with van der Waals surface area (Å²) < 4.78 is 35.3. The van der Waals surface area contributed by atoms with Crippen LogP contribution in [0.1, 0.15) is 11.4 Å². The molecule has 0 radical (unpaired) electrons. The van der Waals surface area contributed by atoms with E-state index in [0.717, 1.165) is 5.56 Å². The predicted octanol–water partition coefficient (Wildman–Crippen LogP) is 3.81. The van der Waals surface area contributed by atoms with E-state index in [1.807, 2.05) is 6.07 Å². The molecular weight excluding hydrogens is 414 g/mol. The Morgan fingerprint density at radius 2 is 1.74 bits per heavy atom. The van der Waals surface area contributed by atoms with Gasteiger partial charge in [0.1, 0.15) is 16.5 Å². The first-order chi connectivity index (χ1) is 14.8. The number of hydrogen-bond donors (Lipinski definition) is 1. The van der Waals surface area contributed by atoms with Crippen LogP contribution >= 0.6 is 0 Å². The van der Waals surface area contributed by atoms with Crippen molar-refractivity contribution in [2.75, 3.05) is 11.8 Å². The van der Waals surface area contributed by atoms with Gasteiger partial charge in [0.25, 0.3) is 15.6 Å². The summed E-state index contributed by atoms with van der Waals surface area (Å²) in [5, 5.41) is 0.489. The van der Waals surface area contributed by atoms with Crippen molar-refractivity contribution in [3.63, 3.8) is 0 Å². The SMILES string of the molecule is COc1ccc(C)cc1S(=O)(=O)Nc1cccc(-n2c(C)nc3ccccc3c2=O)c1. The van der Waals surface area contributed by atoms with Crippen LogP contribution < -0.4 is 15.0 Å². The zero-order valence-corrected chi connectivity index (χ0v) is 18.1. The molecule has 0 atom stereocenters. The summed E-state index contributed by atoms with van der Waals surface area (Å²) in [5.41, 5.74) is 2.02. The van der Waals surface area contributed by atoms with E-state index in [9.17, 15) is 13.2 Å². The molecule has 0 saturated carbocycles. The Morgan fingerprint density at radius 1 is 0.968 bits per heavy atom. The van der Waals surface area contributed by atoms with Crippen LogP contribution in [0.2, 0.25) is 0 Å². The first-order valence-corrected chi connectivity index (χ1v) is 11.0. The fraction of sp³-hybridized carbons (Fsp3) is 0.130. The zero-order chi connectivity index (χ0) is 22.2. The number of nitrogens with one attached hydrogen (secondary N) is 1. The quantitative estimate of drug-likeness (QED) is 0.515. The summed E-state index contributed by atoms with van der Waals surface area (Å²) in [5.74, 6) is 0.754. The molecule has 3 aromatic carbocycles. The Labute approximate surface area is 180 Å². The van der Waals surface area contributed by atoms with E-state index in [2.05, 4.69) is 9.71 Å². The number of nitrogens with zero attached hydrogens (tertiary/aromatic N) is 2. The van der Waals surface area contributed by atoms with Crippen molar-refractivity contribution in [2.45, 2.75) is 18.7 Å². The minimum Gasteiger partial charge on any atom is -0.495 e. The maximum Gasteiger partial charge on any atom is 0.265 e. The Hall–Kier alpha value is -3.65. The number of sulfonamides is 1. The van der Waals surface area contributed by atoms with Gasteiger partial charge >= 0.3 is 0 Å². The maximum absolute atomic E-state index is 13.1. The molecule has 0 bridgehead atoms. The Balaban J connectivity index is 1.78. The lowest BCUT2D eigenvalue weighted by Gasteiger charge is -2.14. The average molecular weight is 436 g/mol. The molecule has 0 aliphatic heterocycles. The average Bonchev–Trinajstić information content (AvgIpc) is 2.74. The van der Waals surface area contributed by atoms with Crippen molar-refractivity contribution in [1.29, 1.82) is 0 Å². The van der Waals surface area contributed by atoms with E-state index < -0.39 is 10.0 Å². The summed E-state index contributed by atoms with van der Waals surface area (Å²) >= 11 is 0. The molecule has 1 N–H and O–H groups in total. The van der Waals surface area contributed by atoms with Gasteiger partial charge in [0.05, 0.1) is 29.4 Å². The number of anilines is 1. The van der Waals surface area contributed by atoms with E-state index in [0.29, 0.717) is 28.1 Å². The Bertz CT molecular complexity index is 1460. The molecule has 4 aromatic rings. The van der Waals surface area contributed by atoms with Crippen LogP contribution in [0.4, 0.5) is 5.69 Å². The van der Waals surface area contributed by atoms with Crippen LogP contribution in [0, 0.1) is 13.8 Å². The molecule has 0 aliphatic carbocycles. The number of hydrogen-bond acceptors (Lipinski definition) is 5. The van der Waals surface area contributed by atoms with E-state index in [1.165, 1.54) is 11.7 Å². The lowest BCUT2D eigenvalue weighted by Crippen LogP contribution is -2.22.